The Balaban J connectivity index is 1.74. The van der Waals surface area contributed by atoms with Crippen molar-refractivity contribution in [3.05, 3.63) is 76.4 Å². The number of nitrogens with zero attached hydrogens (tertiary/aromatic N) is 2. The van der Waals surface area contributed by atoms with Crippen molar-refractivity contribution in [2.24, 2.45) is 0 Å². The van der Waals surface area contributed by atoms with Crippen molar-refractivity contribution < 1.29 is 0 Å². The van der Waals surface area contributed by atoms with Crippen LogP contribution in [0.3, 0.4) is 0 Å². The van der Waals surface area contributed by atoms with Crippen LogP contribution in [0, 0.1) is 13.8 Å². The molecule has 1 heterocycles. The summed E-state index contributed by atoms with van der Waals surface area (Å²) in [4.78, 5) is 8.93. The van der Waals surface area contributed by atoms with Gasteiger partial charge in [-0.2, -0.15) is 4.98 Å². The number of para-hydroxylation sites is 1. The third-order valence-electron chi connectivity index (χ3n) is 3.57. The Morgan fingerprint density at radius 2 is 1.71 bits per heavy atom. The maximum Gasteiger partial charge on any atom is 0.229 e. The standard InChI is InChI=1S/C19H19ClN4/c1-13-7-9-15(10-8-13)12-21-18-11-14(2)22-19(24-18)23-17-6-4-3-5-16(17)20/h3-11H,12H2,1-2H3,(H2,21,22,23,24). The lowest BCUT2D eigenvalue weighted by Crippen LogP contribution is -2.05. The summed E-state index contributed by atoms with van der Waals surface area (Å²) >= 11 is 6.17. The molecule has 0 radical (unpaired) electrons. The SMILES string of the molecule is Cc1ccc(CNc2cc(C)nc(Nc3ccccc3Cl)n2)cc1. The van der Waals surface area contributed by atoms with Gasteiger partial charge < -0.3 is 10.6 Å². The van der Waals surface area contributed by atoms with E-state index in [1.165, 1.54) is 11.1 Å². The summed E-state index contributed by atoms with van der Waals surface area (Å²) in [6, 6.07) is 17.9. The summed E-state index contributed by atoms with van der Waals surface area (Å²) in [7, 11) is 0. The molecular formula is C19H19ClN4. The first-order valence-electron chi connectivity index (χ1n) is 7.77. The molecule has 0 spiro atoms. The van der Waals surface area contributed by atoms with Crippen molar-refractivity contribution in [2.45, 2.75) is 20.4 Å². The number of benzene rings is 2. The Bertz CT molecular complexity index is 831. The lowest BCUT2D eigenvalue weighted by molar-refractivity contribution is 1.06. The zero-order valence-corrected chi connectivity index (χ0v) is 14.4. The molecule has 122 valence electrons. The number of halogens is 1. The van der Waals surface area contributed by atoms with Gasteiger partial charge in [0.25, 0.3) is 0 Å². The second kappa shape index (κ2) is 7.32. The van der Waals surface area contributed by atoms with E-state index in [2.05, 4.69) is 51.8 Å². The van der Waals surface area contributed by atoms with Crippen LogP contribution in [0.2, 0.25) is 5.02 Å². The van der Waals surface area contributed by atoms with E-state index in [1.807, 2.05) is 37.3 Å². The number of nitrogens with one attached hydrogen (secondary N) is 2. The quantitative estimate of drug-likeness (QED) is 0.679. The van der Waals surface area contributed by atoms with Crippen molar-refractivity contribution in [1.29, 1.82) is 0 Å². The molecule has 1 aromatic heterocycles. The van der Waals surface area contributed by atoms with Crippen LogP contribution in [0.5, 0.6) is 0 Å². The van der Waals surface area contributed by atoms with Gasteiger partial charge in [0, 0.05) is 18.3 Å². The van der Waals surface area contributed by atoms with Crippen LogP contribution in [-0.2, 0) is 6.54 Å². The minimum absolute atomic E-state index is 0.523. The Morgan fingerprint density at radius 3 is 2.46 bits per heavy atom. The highest BCUT2D eigenvalue weighted by Crippen LogP contribution is 2.24. The molecule has 4 nitrogen and oxygen atoms in total. The van der Waals surface area contributed by atoms with Gasteiger partial charge in [0.05, 0.1) is 10.7 Å². The summed E-state index contributed by atoms with van der Waals surface area (Å²) in [5.41, 5.74) is 4.13. The highest BCUT2D eigenvalue weighted by molar-refractivity contribution is 6.33. The lowest BCUT2D eigenvalue weighted by Gasteiger charge is -2.11. The summed E-state index contributed by atoms with van der Waals surface area (Å²) < 4.78 is 0. The predicted octanol–water partition coefficient (Wildman–Crippen LogP) is 5.10. The van der Waals surface area contributed by atoms with E-state index in [4.69, 9.17) is 11.6 Å². The fraction of sp³-hybridized carbons (Fsp3) is 0.158. The summed E-state index contributed by atoms with van der Waals surface area (Å²) in [5.74, 6) is 1.30. The molecule has 0 bridgehead atoms. The first-order valence-corrected chi connectivity index (χ1v) is 8.14. The minimum Gasteiger partial charge on any atom is -0.366 e. The van der Waals surface area contributed by atoms with Crippen molar-refractivity contribution >= 4 is 29.1 Å². The fourth-order valence-electron chi connectivity index (χ4n) is 2.30. The molecule has 0 aliphatic heterocycles. The van der Waals surface area contributed by atoms with E-state index in [0.29, 0.717) is 17.5 Å². The maximum atomic E-state index is 6.17. The van der Waals surface area contributed by atoms with Gasteiger partial charge in [-0.25, -0.2) is 4.98 Å². The zero-order valence-electron chi connectivity index (χ0n) is 13.7. The first-order chi connectivity index (χ1) is 11.6. The average molecular weight is 339 g/mol. The molecule has 0 amide bonds. The predicted molar refractivity (Wildman–Crippen MR) is 100 cm³/mol. The topological polar surface area (TPSA) is 49.8 Å². The van der Waals surface area contributed by atoms with Crippen LogP contribution >= 0.6 is 11.6 Å². The summed E-state index contributed by atoms with van der Waals surface area (Å²) in [6.45, 7) is 4.73. The van der Waals surface area contributed by atoms with Gasteiger partial charge in [-0.1, -0.05) is 53.6 Å². The van der Waals surface area contributed by atoms with Gasteiger partial charge in [0.1, 0.15) is 5.82 Å². The fourth-order valence-corrected chi connectivity index (χ4v) is 2.48. The molecule has 3 rings (SSSR count). The molecule has 5 heteroatoms. The Hall–Kier alpha value is -2.59. The summed E-state index contributed by atoms with van der Waals surface area (Å²) in [5, 5.41) is 7.14. The number of aryl methyl sites for hydroxylation is 2. The second-order valence-corrected chi connectivity index (χ2v) is 6.07. The van der Waals surface area contributed by atoms with Crippen LogP contribution in [0.25, 0.3) is 0 Å². The van der Waals surface area contributed by atoms with Gasteiger partial charge in [0.15, 0.2) is 0 Å². The maximum absolute atomic E-state index is 6.17. The van der Waals surface area contributed by atoms with Crippen molar-refractivity contribution in [3.8, 4) is 0 Å². The van der Waals surface area contributed by atoms with Gasteiger partial charge in [-0.3, -0.25) is 0 Å². The van der Waals surface area contributed by atoms with E-state index in [-0.39, 0.29) is 0 Å². The number of hydrogen-bond donors (Lipinski definition) is 2. The molecule has 0 aliphatic rings. The monoisotopic (exact) mass is 338 g/mol. The van der Waals surface area contributed by atoms with Crippen LogP contribution in [-0.4, -0.2) is 9.97 Å². The molecule has 0 saturated carbocycles. The normalized spacial score (nSPS) is 10.5. The molecule has 2 aromatic carbocycles. The van der Waals surface area contributed by atoms with E-state index in [9.17, 15) is 0 Å². The largest absolute Gasteiger partial charge is 0.366 e. The molecule has 0 saturated heterocycles. The van der Waals surface area contributed by atoms with Gasteiger partial charge in [-0.05, 0) is 31.5 Å². The smallest absolute Gasteiger partial charge is 0.229 e. The summed E-state index contributed by atoms with van der Waals surface area (Å²) in [6.07, 6.45) is 0. The van der Waals surface area contributed by atoms with E-state index in [0.717, 1.165) is 17.2 Å². The number of rotatable bonds is 5. The first kappa shape index (κ1) is 16.3. The van der Waals surface area contributed by atoms with E-state index < -0.39 is 0 Å². The van der Waals surface area contributed by atoms with Crippen LogP contribution in [0.4, 0.5) is 17.5 Å². The second-order valence-electron chi connectivity index (χ2n) is 5.66. The third kappa shape index (κ3) is 4.24. The Labute approximate surface area is 146 Å². The number of hydrogen-bond acceptors (Lipinski definition) is 4. The highest BCUT2D eigenvalue weighted by atomic mass is 35.5. The van der Waals surface area contributed by atoms with Crippen LogP contribution in [0.1, 0.15) is 16.8 Å². The molecule has 3 aromatic rings. The van der Waals surface area contributed by atoms with Gasteiger partial charge in [-0.15, -0.1) is 0 Å². The zero-order chi connectivity index (χ0) is 16.9. The van der Waals surface area contributed by atoms with Crippen molar-refractivity contribution in [3.63, 3.8) is 0 Å². The van der Waals surface area contributed by atoms with Gasteiger partial charge in [0.2, 0.25) is 5.95 Å². The molecular weight excluding hydrogens is 320 g/mol. The average Bonchev–Trinajstić information content (AvgIpc) is 2.56. The molecule has 0 unspecified atom stereocenters. The molecule has 0 atom stereocenters. The number of anilines is 3. The van der Waals surface area contributed by atoms with Gasteiger partial charge >= 0.3 is 0 Å². The van der Waals surface area contributed by atoms with E-state index in [1.54, 1.807) is 0 Å². The lowest BCUT2D eigenvalue weighted by atomic mass is 10.1. The van der Waals surface area contributed by atoms with Crippen LogP contribution < -0.4 is 10.6 Å². The molecule has 0 fully saturated rings. The van der Waals surface area contributed by atoms with Crippen LogP contribution in [0.15, 0.2) is 54.6 Å². The molecule has 0 aliphatic carbocycles. The Kier molecular flexibility index (Phi) is 4.96. The van der Waals surface area contributed by atoms with E-state index >= 15 is 0 Å². The number of aromatic nitrogens is 2. The van der Waals surface area contributed by atoms with Crippen molar-refractivity contribution in [1.82, 2.24) is 9.97 Å². The van der Waals surface area contributed by atoms with Crippen molar-refractivity contribution in [2.75, 3.05) is 10.6 Å². The highest BCUT2D eigenvalue weighted by Gasteiger charge is 2.05. The molecule has 2 N–H and O–H groups in total. The molecule has 24 heavy (non-hydrogen) atoms. The minimum atomic E-state index is 0.523. The Morgan fingerprint density at radius 1 is 0.958 bits per heavy atom. The third-order valence-corrected chi connectivity index (χ3v) is 3.90.